The van der Waals surface area contributed by atoms with Crippen molar-refractivity contribution in [2.45, 2.75) is 25.3 Å². The minimum absolute atomic E-state index is 0.0954. The van der Waals surface area contributed by atoms with Crippen LogP contribution in [0.4, 0.5) is 0 Å². The zero-order valence-electron chi connectivity index (χ0n) is 13.4. The average molecular weight is 357 g/mol. The molecule has 6 heteroatoms. The number of aliphatic carboxylic acids is 1. The summed E-state index contributed by atoms with van der Waals surface area (Å²) in [6, 6.07) is 16.6. The van der Waals surface area contributed by atoms with Crippen molar-refractivity contribution < 1.29 is 14.7 Å². The van der Waals surface area contributed by atoms with Crippen molar-refractivity contribution in [3.05, 3.63) is 70.7 Å². The van der Waals surface area contributed by atoms with E-state index < -0.39 is 5.97 Å². The standard InChI is InChI=1S/C19H17ClN2O3/c20-15-9-5-4-8-14(15)17-12-16(13-6-2-1-3-7-13)21-22(17)18(23)10-11-19(24)25/h1-9,17H,10-12H2,(H,24,25)/t17-/m1/s1. The monoisotopic (exact) mass is 356 g/mol. The van der Waals surface area contributed by atoms with Crippen molar-refractivity contribution in [2.75, 3.05) is 0 Å². The minimum atomic E-state index is -1.01. The van der Waals surface area contributed by atoms with E-state index in [0.717, 1.165) is 16.8 Å². The summed E-state index contributed by atoms with van der Waals surface area (Å²) in [5, 5.41) is 15.3. The van der Waals surface area contributed by atoms with Crippen molar-refractivity contribution in [1.29, 1.82) is 0 Å². The summed E-state index contributed by atoms with van der Waals surface area (Å²) in [5.41, 5.74) is 2.53. The van der Waals surface area contributed by atoms with Gasteiger partial charge >= 0.3 is 5.97 Å². The molecule has 1 amide bonds. The molecule has 0 saturated heterocycles. The van der Waals surface area contributed by atoms with Crippen LogP contribution < -0.4 is 0 Å². The van der Waals surface area contributed by atoms with Gasteiger partial charge in [0.05, 0.1) is 18.2 Å². The Kier molecular flexibility index (Phi) is 5.14. The molecular weight excluding hydrogens is 340 g/mol. The van der Waals surface area contributed by atoms with Gasteiger partial charge in [-0.05, 0) is 17.2 Å². The number of rotatable bonds is 5. The number of nitrogens with zero attached hydrogens (tertiary/aromatic N) is 2. The number of carbonyl (C=O) groups is 2. The molecule has 128 valence electrons. The van der Waals surface area contributed by atoms with Crippen LogP contribution in [0.15, 0.2) is 59.7 Å². The van der Waals surface area contributed by atoms with E-state index in [1.54, 1.807) is 6.07 Å². The number of hydrogen-bond acceptors (Lipinski definition) is 3. The Morgan fingerprint density at radius 1 is 1.08 bits per heavy atom. The topological polar surface area (TPSA) is 70.0 Å². The van der Waals surface area contributed by atoms with Gasteiger partial charge in [-0.3, -0.25) is 9.59 Å². The third-order valence-corrected chi connectivity index (χ3v) is 4.43. The molecule has 0 aromatic heterocycles. The summed E-state index contributed by atoms with van der Waals surface area (Å²) in [6.07, 6.45) is 0.217. The molecule has 1 N–H and O–H groups in total. The molecule has 0 spiro atoms. The number of hydrogen-bond donors (Lipinski definition) is 1. The van der Waals surface area contributed by atoms with Crippen LogP contribution in [0.25, 0.3) is 0 Å². The van der Waals surface area contributed by atoms with Crippen LogP contribution in [-0.2, 0) is 9.59 Å². The van der Waals surface area contributed by atoms with E-state index >= 15 is 0 Å². The lowest BCUT2D eigenvalue weighted by molar-refractivity contribution is -0.141. The average Bonchev–Trinajstić information content (AvgIpc) is 3.06. The lowest BCUT2D eigenvalue weighted by Gasteiger charge is -2.22. The summed E-state index contributed by atoms with van der Waals surface area (Å²) < 4.78 is 0. The molecule has 1 aliphatic rings. The van der Waals surface area contributed by atoms with E-state index in [1.807, 2.05) is 48.5 Å². The van der Waals surface area contributed by atoms with Crippen LogP contribution in [0.5, 0.6) is 0 Å². The molecule has 0 radical (unpaired) electrons. The number of carbonyl (C=O) groups excluding carboxylic acids is 1. The predicted molar refractivity (Wildman–Crippen MR) is 95.5 cm³/mol. The maximum atomic E-state index is 12.5. The predicted octanol–water partition coefficient (Wildman–Crippen LogP) is 3.88. The van der Waals surface area contributed by atoms with Crippen molar-refractivity contribution >= 4 is 29.2 Å². The lowest BCUT2D eigenvalue weighted by Crippen LogP contribution is -2.27. The van der Waals surface area contributed by atoms with E-state index in [0.29, 0.717) is 11.4 Å². The quantitative estimate of drug-likeness (QED) is 0.883. The zero-order chi connectivity index (χ0) is 17.8. The van der Waals surface area contributed by atoms with Gasteiger partial charge < -0.3 is 5.11 Å². The van der Waals surface area contributed by atoms with Crippen LogP contribution in [-0.4, -0.2) is 27.7 Å². The first-order valence-electron chi connectivity index (χ1n) is 7.97. The zero-order valence-corrected chi connectivity index (χ0v) is 14.2. The molecule has 2 aromatic carbocycles. The largest absolute Gasteiger partial charge is 0.481 e. The molecule has 0 aliphatic carbocycles. The Labute approximate surface area is 150 Å². The normalized spacial score (nSPS) is 16.6. The first-order valence-corrected chi connectivity index (χ1v) is 8.35. The van der Waals surface area contributed by atoms with E-state index in [-0.39, 0.29) is 24.8 Å². The number of amides is 1. The van der Waals surface area contributed by atoms with Gasteiger partial charge in [-0.1, -0.05) is 60.1 Å². The van der Waals surface area contributed by atoms with E-state index in [2.05, 4.69) is 5.10 Å². The number of hydrazone groups is 1. The first-order chi connectivity index (χ1) is 12.1. The van der Waals surface area contributed by atoms with Gasteiger partial charge in [0.2, 0.25) is 5.91 Å². The minimum Gasteiger partial charge on any atom is -0.481 e. The Morgan fingerprint density at radius 2 is 1.76 bits per heavy atom. The van der Waals surface area contributed by atoms with Gasteiger partial charge in [-0.25, -0.2) is 5.01 Å². The van der Waals surface area contributed by atoms with Crippen LogP contribution in [0.1, 0.15) is 36.4 Å². The lowest BCUT2D eigenvalue weighted by atomic mass is 9.98. The Hall–Kier alpha value is -2.66. The van der Waals surface area contributed by atoms with Crippen molar-refractivity contribution in [3.63, 3.8) is 0 Å². The molecule has 1 aliphatic heterocycles. The van der Waals surface area contributed by atoms with E-state index in [1.165, 1.54) is 5.01 Å². The second-order valence-electron chi connectivity index (χ2n) is 5.79. The first kappa shape index (κ1) is 17.2. The maximum Gasteiger partial charge on any atom is 0.303 e. The molecule has 0 saturated carbocycles. The fourth-order valence-corrected chi connectivity index (χ4v) is 3.12. The summed E-state index contributed by atoms with van der Waals surface area (Å²) in [4.78, 5) is 23.3. The summed E-state index contributed by atoms with van der Waals surface area (Å²) in [7, 11) is 0. The molecule has 1 atom stereocenters. The molecule has 0 fully saturated rings. The van der Waals surface area contributed by atoms with Crippen molar-refractivity contribution in [2.24, 2.45) is 5.10 Å². The molecule has 5 nitrogen and oxygen atoms in total. The number of benzene rings is 2. The van der Waals surface area contributed by atoms with Crippen molar-refractivity contribution in [3.8, 4) is 0 Å². The number of carboxylic acids is 1. The maximum absolute atomic E-state index is 12.5. The Morgan fingerprint density at radius 3 is 2.44 bits per heavy atom. The molecular formula is C19H17ClN2O3. The van der Waals surface area contributed by atoms with Gasteiger partial charge in [0.25, 0.3) is 0 Å². The third kappa shape index (κ3) is 3.88. The molecule has 0 unspecified atom stereocenters. The fourth-order valence-electron chi connectivity index (χ4n) is 2.86. The van der Waals surface area contributed by atoms with Gasteiger partial charge in [0.1, 0.15) is 0 Å². The molecule has 3 rings (SSSR count). The molecule has 0 bridgehead atoms. The highest BCUT2D eigenvalue weighted by atomic mass is 35.5. The molecule has 2 aromatic rings. The second-order valence-corrected chi connectivity index (χ2v) is 6.19. The van der Waals surface area contributed by atoms with Gasteiger partial charge in [-0.2, -0.15) is 5.10 Å². The van der Waals surface area contributed by atoms with Gasteiger partial charge in [-0.15, -0.1) is 0 Å². The molecule has 1 heterocycles. The fraction of sp³-hybridized carbons (Fsp3) is 0.211. The van der Waals surface area contributed by atoms with Crippen LogP contribution in [0, 0.1) is 0 Å². The molecule has 25 heavy (non-hydrogen) atoms. The third-order valence-electron chi connectivity index (χ3n) is 4.09. The highest BCUT2D eigenvalue weighted by molar-refractivity contribution is 6.31. The van der Waals surface area contributed by atoms with Crippen LogP contribution >= 0.6 is 11.6 Å². The van der Waals surface area contributed by atoms with Crippen LogP contribution in [0.2, 0.25) is 5.02 Å². The smallest absolute Gasteiger partial charge is 0.303 e. The Balaban J connectivity index is 1.92. The van der Waals surface area contributed by atoms with Gasteiger partial charge in [0.15, 0.2) is 0 Å². The van der Waals surface area contributed by atoms with Crippen LogP contribution in [0.3, 0.4) is 0 Å². The summed E-state index contributed by atoms with van der Waals surface area (Å²) in [6.45, 7) is 0. The second kappa shape index (κ2) is 7.49. The Bertz CT molecular complexity index is 820. The number of halogens is 1. The van der Waals surface area contributed by atoms with Gasteiger partial charge in [0, 0.05) is 17.9 Å². The highest BCUT2D eigenvalue weighted by Crippen LogP contribution is 2.36. The SMILES string of the molecule is O=C(O)CCC(=O)N1N=C(c2ccccc2)C[C@@H]1c1ccccc1Cl. The van der Waals surface area contributed by atoms with Crippen molar-refractivity contribution in [1.82, 2.24) is 5.01 Å². The number of carboxylic acid groups (broad SMARTS) is 1. The summed E-state index contributed by atoms with van der Waals surface area (Å²) >= 11 is 6.31. The highest BCUT2D eigenvalue weighted by Gasteiger charge is 2.34. The van der Waals surface area contributed by atoms with E-state index in [9.17, 15) is 9.59 Å². The van der Waals surface area contributed by atoms with E-state index in [4.69, 9.17) is 16.7 Å². The summed E-state index contributed by atoms with van der Waals surface area (Å²) in [5.74, 6) is -1.33.